The van der Waals surface area contributed by atoms with Gasteiger partial charge in [0.25, 0.3) is 0 Å². The van der Waals surface area contributed by atoms with Crippen molar-refractivity contribution in [2.75, 3.05) is 52.5 Å². The maximum Gasteiger partial charge on any atom is 0.241 e. The van der Waals surface area contributed by atoms with Crippen molar-refractivity contribution in [1.29, 1.82) is 0 Å². The van der Waals surface area contributed by atoms with Gasteiger partial charge in [0.1, 0.15) is 0 Å². The van der Waals surface area contributed by atoms with Crippen molar-refractivity contribution < 1.29 is 19.8 Å². The maximum absolute atomic E-state index is 12.1. The third kappa shape index (κ3) is 4.43. The molecule has 0 aliphatic carbocycles. The largest absolute Gasteiger partial charge is 0.396 e. The number of carbonyl (C=O) groups is 2. The van der Waals surface area contributed by atoms with Gasteiger partial charge in [0.15, 0.2) is 0 Å². The number of amides is 2. The van der Waals surface area contributed by atoms with Gasteiger partial charge < -0.3 is 25.3 Å². The van der Waals surface area contributed by atoms with Crippen molar-refractivity contribution in [1.82, 2.24) is 15.1 Å². The lowest BCUT2D eigenvalue weighted by Gasteiger charge is -2.51. The van der Waals surface area contributed by atoms with Crippen LogP contribution in [0.25, 0.3) is 0 Å². The molecular formula is C16H29N3O4. The summed E-state index contributed by atoms with van der Waals surface area (Å²) in [6, 6.07) is 0. The smallest absolute Gasteiger partial charge is 0.241 e. The summed E-state index contributed by atoms with van der Waals surface area (Å²) in [5.74, 6) is -0.0212. The van der Waals surface area contributed by atoms with E-state index in [1.807, 2.05) is 4.90 Å². The van der Waals surface area contributed by atoms with Crippen LogP contribution in [0.3, 0.4) is 0 Å². The topological polar surface area (TPSA) is 93.1 Å². The van der Waals surface area contributed by atoms with Crippen LogP contribution in [0.2, 0.25) is 0 Å². The highest BCUT2D eigenvalue weighted by Crippen LogP contribution is 2.45. The summed E-state index contributed by atoms with van der Waals surface area (Å²) in [6.07, 6.45) is 2.81. The standard InChI is InChI=1S/C16H29N3O4/c1-13(22)17-10-15(23)19-6-3-16(4-7-19)2-5-18(8-9-20)11-14(16)12-21/h14,20-21H,2-12H2,1H3,(H,17,22)/t14-/m1/s1. The molecule has 2 amide bonds. The zero-order valence-electron chi connectivity index (χ0n) is 14.0. The molecule has 0 bridgehead atoms. The molecule has 7 nitrogen and oxygen atoms in total. The van der Waals surface area contributed by atoms with Crippen LogP contribution in [0.4, 0.5) is 0 Å². The molecule has 3 N–H and O–H groups in total. The van der Waals surface area contributed by atoms with E-state index in [0.717, 1.165) is 32.4 Å². The first kappa shape index (κ1) is 18.2. The Morgan fingerprint density at radius 2 is 1.83 bits per heavy atom. The summed E-state index contributed by atoms with van der Waals surface area (Å²) >= 11 is 0. The van der Waals surface area contributed by atoms with E-state index in [1.54, 1.807) is 0 Å². The molecule has 2 saturated heterocycles. The van der Waals surface area contributed by atoms with E-state index in [1.165, 1.54) is 6.92 Å². The van der Waals surface area contributed by atoms with Gasteiger partial charge in [0, 0.05) is 45.6 Å². The Kier molecular flexibility index (Phi) is 6.38. The Labute approximate surface area is 137 Å². The van der Waals surface area contributed by atoms with Gasteiger partial charge in [-0.25, -0.2) is 0 Å². The van der Waals surface area contributed by atoms with E-state index in [4.69, 9.17) is 5.11 Å². The van der Waals surface area contributed by atoms with Crippen molar-refractivity contribution in [3.05, 3.63) is 0 Å². The van der Waals surface area contributed by atoms with Crippen molar-refractivity contribution in [2.24, 2.45) is 11.3 Å². The Morgan fingerprint density at radius 1 is 1.17 bits per heavy atom. The van der Waals surface area contributed by atoms with Crippen molar-refractivity contribution in [3.8, 4) is 0 Å². The Bertz CT molecular complexity index is 422. The fourth-order valence-corrected chi connectivity index (χ4v) is 3.95. The minimum Gasteiger partial charge on any atom is -0.396 e. The third-order valence-corrected chi connectivity index (χ3v) is 5.51. The quantitative estimate of drug-likeness (QED) is 0.605. The highest BCUT2D eigenvalue weighted by atomic mass is 16.3. The van der Waals surface area contributed by atoms with Crippen LogP contribution < -0.4 is 5.32 Å². The Hall–Kier alpha value is -1.18. The number of likely N-dealkylation sites (tertiary alicyclic amines) is 2. The molecule has 2 fully saturated rings. The zero-order chi connectivity index (χ0) is 16.9. The van der Waals surface area contributed by atoms with E-state index in [2.05, 4.69) is 10.2 Å². The van der Waals surface area contributed by atoms with Crippen molar-refractivity contribution in [3.63, 3.8) is 0 Å². The number of hydrogen-bond acceptors (Lipinski definition) is 5. The second-order valence-electron chi connectivity index (χ2n) is 6.81. The van der Waals surface area contributed by atoms with Gasteiger partial charge in [0.05, 0.1) is 13.2 Å². The molecule has 2 aliphatic rings. The normalized spacial score (nSPS) is 24.7. The fraction of sp³-hybridized carbons (Fsp3) is 0.875. The van der Waals surface area contributed by atoms with Gasteiger partial charge in [-0.2, -0.15) is 0 Å². The molecule has 0 aromatic heterocycles. The zero-order valence-corrected chi connectivity index (χ0v) is 14.0. The highest BCUT2D eigenvalue weighted by Gasteiger charge is 2.44. The van der Waals surface area contributed by atoms with Crippen LogP contribution in [0.15, 0.2) is 0 Å². The van der Waals surface area contributed by atoms with Gasteiger partial charge in [-0.3, -0.25) is 9.59 Å². The monoisotopic (exact) mass is 327 g/mol. The van der Waals surface area contributed by atoms with Crippen molar-refractivity contribution >= 4 is 11.8 Å². The first-order valence-electron chi connectivity index (χ1n) is 8.47. The second-order valence-corrected chi connectivity index (χ2v) is 6.81. The predicted molar refractivity (Wildman–Crippen MR) is 85.6 cm³/mol. The lowest BCUT2D eigenvalue weighted by Crippen LogP contribution is -2.55. The van der Waals surface area contributed by atoms with Gasteiger partial charge in [0.2, 0.25) is 11.8 Å². The summed E-state index contributed by atoms with van der Waals surface area (Å²) in [5.41, 5.74) is 0.103. The molecule has 1 spiro atoms. The number of piperidine rings is 2. The predicted octanol–water partition coefficient (Wildman–Crippen LogP) is -0.962. The SMILES string of the molecule is CC(=O)NCC(=O)N1CCC2(CCN(CCO)C[C@@H]2CO)CC1. The summed E-state index contributed by atoms with van der Waals surface area (Å²) in [4.78, 5) is 27.0. The van der Waals surface area contributed by atoms with E-state index in [-0.39, 0.29) is 42.9 Å². The van der Waals surface area contributed by atoms with Crippen LogP contribution in [0, 0.1) is 11.3 Å². The molecule has 1 atom stereocenters. The number of aliphatic hydroxyl groups is 2. The molecule has 0 unspecified atom stereocenters. The number of rotatable bonds is 5. The first-order chi connectivity index (χ1) is 11.0. The molecule has 2 heterocycles. The molecule has 0 aromatic carbocycles. The molecule has 0 saturated carbocycles. The molecule has 0 radical (unpaired) electrons. The van der Waals surface area contributed by atoms with Gasteiger partial charge in [-0.1, -0.05) is 0 Å². The van der Waals surface area contributed by atoms with Crippen LogP contribution in [-0.4, -0.2) is 84.3 Å². The van der Waals surface area contributed by atoms with Crippen LogP contribution in [0.5, 0.6) is 0 Å². The molecule has 7 heteroatoms. The molecule has 23 heavy (non-hydrogen) atoms. The number of aliphatic hydroxyl groups excluding tert-OH is 2. The number of hydrogen-bond donors (Lipinski definition) is 3. The van der Waals surface area contributed by atoms with Crippen LogP contribution in [0.1, 0.15) is 26.2 Å². The second kappa shape index (κ2) is 8.08. The van der Waals surface area contributed by atoms with E-state index in [9.17, 15) is 14.7 Å². The first-order valence-corrected chi connectivity index (χ1v) is 8.47. The Balaban J connectivity index is 1.89. The summed E-state index contributed by atoms with van der Waals surface area (Å²) in [5, 5.41) is 21.4. The van der Waals surface area contributed by atoms with Crippen LogP contribution >= 0.6 is 0 Å². The number of β-amino-alcohol motifs (C(OH)–C–C–N with tert-alkyl or cyclic N) is 1. The minimum absolute atomic E-state index is 0.0340. The summed E-state index contributed by atoms with van der Waals surface area (Å²) in [6.45, 7) is 5.57. The van der Waals surface area contributed by atoms with Gasteiger partial charge in [-0.05, 0) is 31.2 Å². The number of carbonyl (C=O) groups excluding carboxylic acids is 2. The molecule has 2 aliphatic heterocycles. The molecule has 132 valence electrons. The molecule has 2 rings (SSSR count). The number of nitrogens with zero attached hydrogens (tertiary/aromatic N) is 2. The highest BCUT2D eigenvalue weighted by molar-refractivity contribution is 5.83. The average Bonchev–Trinajstić information content (AvgIpc) is 2.55. The fourth-order valence-electron chi connectivity index (χ4n) is 3.95. The number of nitrogens with one attached hydrogen (secondary N) is 1. The maximum atomic E-state index is 12.1. The third-order valence-electron chi connectivity index (χ3n) is 5.51. The lowest BCUT2D eigenvalue weighted by molar-refractivity contribution is -0.136. The van der Waals surface area contributed by atoms with E-state index >= 15 is 0 Å². The van der Waals surface area contributed by atoms with Gasteiger partial charge >= 0.3 is 0 Å². The minimum atomic E-state index is -0.191. The Morgan fingerprint density at radius 3 is 2.39 bits per heavy atom. The van der Waals surface area contributed by atoms with Crippen LogP contribution in [-0.2, 0) is 9.59 Å². The molecular weight excluding hydrogens is 298 g/mol. The average molecular weight is 327 g/mol. The lowest BCUT2D eigenvalue weighted by atomic mass is 9.64. The van der Waals surface area contributed by atoms with E-state index < -0.39 is 0 Å². The van der Waals surface area contributed by atoms with Gasteiger partial charge in [-0.15, -0.1) is 0 Å². The summed E-state index contributed by atoms with van der Waals surface area (Å²) in [7, 11) is 0. The summed E-state index contributed by atoms with van der Waals surface area (Å²) < 4.78 is 0. The van der Waals surface area contributed by atoms with Crippen molar-refractivity contribution in [2.45, 2.75) is 26.2 Å². The van der Waals surface area contributed by atoms with E-state index in [0.29, 0.717) is 19.6 Å². The molecule has 0 aromatic rings.